The largest absolute Gasteiger partial charge is 0.315 e. The highest BCUT2D eigenvalue weighted by molar-refractivity contribution is 7.86. The van der Waals surface area contributed by atoms with Crippen LogP contribution in [0.1, 0.15) is 49.7 Å². The summed E-state index contributed by atoms with van der Waals surface area (Å²) in [5.41, 5.74) is 1.91. The molecule has 8 nitrogen and oxygen atoms in total. The number of rotatable bonds is 3. The molecule has 10 heteroatoms. The first kappa shape index (κ1) is 29.4. The molecule has 0 amide bonds. The summed E-state index contributed by atoms with van der Waals surface area (Å²) in [7, 11) is -8.04. The van der Waals surface area contributed by atoms with Crippen LogP contribution in [0.3, 0.4) is 0 Å². The van der Waals surface area contributed by atoms with Gasteiger partial charge in [-0.05, 0) is 70.5 Å². The highest BCUT2D eigenvalue weighted by atomic mass is 32.2. The van der Waals surface area contributed by atoms with E-state index in [1.807, 2.05) is 13.8 Å². The van der Waals surface area contributed by atoms with Crippen molar-refractivity contribution in [2.45, 2.75) is 68.2 Å². The van der Waals surface area contributed by atoms with Gasteiger partial charge >= 0.3 is 0 Å². The van der Waals surface area contributed by atoms with E-state index in [-0.39, 0.29) is 9.79 Å². The van der Waals surface area contributed by atoms with Gasteiger partial charge in [-0.3, -0.25) is 14.0 Å². The molecule has 196 valence electrons. The van der Waals surface area contributed by atoms with Crippen LogP contribution in [0.2, 0.25) is 0 Å². The standard InChI is InChI=1S/C11H22N2.2C7H8O3S/c1-2-5-11(6-3-1)13-9-4-7-12-8-10-13;2*1-6-2-4-7(5-3-6)11(8,9)10/h11-12H,1-10H2;2*2-5H,1H3,(H,8,9,10). The van der Waals surface area contributed by atoms with Gasteiger partial charge in [-0.2, -0.15) is 16.8 Å². The maximum absolute atomic E-state index is 10.5. The van der Waals surface area contributed by atoms with Gasteiger partial charge in [0.05, 0.1) is 9.79 Å². The van der Waals surface area contributed by atoms with Gasteiger partial charge < -0.3 is 5.32 Å². The Morgan fingerprint density at radius 3 is 1.57 bits per heavy atom. The summed E-state index contributed by atoms with van der Waals surface area (Å²) in [6.45, 7) is 8.73. The second-order valence-electron chi connectivity index (χ2n) is 9.01. The van der Waals surface area contributed by atoms with Crippen LogP contribution in [0.25, 0.3) is 0 Å². The van der Waals surface area contributed by atoms with Crippen LogP contribution in [-0.4, -0.2) is 63.1 Å². The van der Waals surface area contributed by atoms with Crippen LogP contribution in [-0.2, 0) is 20.2 Å². The number of aryl methyl sites for hydroxylation is 2. The van der Waals surface area contributed by atoms with E-state index in [0.29, 0.717) is 0 Å². The lowest BCUT2D eigenvalue weighted by Crippen LogP contribution is -2.38. The van der Waals surface area contributed by atoms with E-state index < -0.39 is 20.2 Å². The maximum atomic E-state index is 10.5. The smallest absolute Gasteiger partial charge is 0.294 e. The van der Waals surface area contributed by atoms with E-state index in [4.69, 9.17) is 9.11 Å². The number of hydrogen-bond donors (Lipinski definition) is 3. The van der Waals surface area contributed by atoms with Gasteiger partial charge in [-0.1, -0.05) is 54.7 Å². The molecule has 1 heterocycles. The Balaban J connectivity index is 0.000000186. The predicted octanol–water partition coefficient (Wildman–Crippen LogP) is 4.10. The molecule has 2 aliphatic rings. The first-order valence-electron chi connectivity index (χ1n) is 12.0. The number of nitrogens with zero attached hydrogens (tertiary/aromatic N) is 1. The topological polar surface area (TPSA) is 124 Å². The summed E-state index contributed by atoms with van der Waals surface area (Å²) in [6.07, 6.45) is 8.67. The fourth-order valence-electron chi connectivity index (χ4n) is 4.10. The average molecular weight is 527 g/mol. The highest BCUT2D eigenvalue weighted by Gasteiger charge is 2.21. The van der Waals surface area contributed by atoms with Crippen molar-refractivity contribution in [1.29, 1.82) is 0 Å². The lowest BCUT2D eigenvalue weighted by atomic mass is 9.94. The first-order chi connectivity index (χ1) is 16.5. The molecular weight excluding hydrogens is 488 g/mol. The highest BCUT2D eigenvalue weighted by Crippen LogP contribution is 2.22. The molecule has 0 atom stereocenters. The third kappa shape index (κ3) is 11.2. The van der Waals surface area contributed by atoms with Crippen molar-refractivity contribution >= 4 is 20.2 Å². The molecule has 1 saturated heterocycles. The molecule has 2 fully saturated rings. The molecule has 3 N–H and O–H groups in total. The van der Waals surface area contributed by atoms with Gasteiger partial charge in [-0.15, -0.1) is 0 Å². The van der Waals surface area contributed by atoms with Gasteiger partial charge in [0.15, 0.2) is 0 Å². The van der Waals surface area contributed by atoms with Crippen molar-refractivity contribution in [1.82, 2.24) is 10.2 Å². The molecule has 1 aliphatic heterocycles. The molecule has 0 bridgehead atoms. The zero-order valence-corrected chi connectivity index (χ0v) is 22.2. The molecule has 35 heavy (non-hydrogen) atoms. The molecule has 0 unspecified atom stereocenters. The normalized spacial score (nSPS) is 17.8. The predicted molar refractivity (Wildman–Crippen MR) is 138 cm³/mol. The summed E-state index contributed by atoms with van der Waals surface area (Å²) in [5.74, 6) is 0. The quantitative estimate of drug-likeness (QED) is 0.511. The van der Waals surface area contributed by atoms with E-state index >= 15 is 0 Å². The minimum Gasteiger partial charge on any atom is -0.315 e. The van der Waals surface area contributed by atoms with E-state index in [9.17, 15) is 16.8 Å². The Labute approximate surface area is 210 Å². The van der Waals surface area contributed by atoms with Crippen LogP contribution in [0, 0.1) is 13.8 Å². The van der Waals surface area contributed by atoms with Crippen molar-refractivity contribution < 1.29 is 25.9 Å². The zero-order valence-electron chi connectivity index (χ0n) is 20.6. The Bertz CT molecular complexity index is 1010. The first-order valence-corrected chi connectivity index (χ1v) is 14.9. The van der Waals surface area contributed by atoms with Crippen molar-refractivity contribution in [2.75, 3.05) is 26.2 Å². The Morgan fingerprint density at radius 1 is 0.686 bits per heavy atom. The lowest BCUT2D eigenvalue weighted by molar-refractivity contribution is 0.166. The summed E-state index contributed by atoms with van der Waals surface area (Å²) in [4.78, 5) is 2.59. The van der Waals surface area contributed by atoms with Crippen molar-refractivity contribution in [3.63, 3.8) is 0 Å². The van der Waals surface area contributed by atoms with Crippen molar-refractivity contribution in [3.05, 3.63) is 59.7 Å². The minimum atomic E-state index is -4.02. The summed E-state index contributed by atoms with van der Waals surface area (Å²) >= 11 is 0. The Morgan fingerprint density at radius 2 is 1.14 bits per heavy atom. The van der Waals surface area contributed by atoms with Gasteiger partial charge in [0.25, 0.3) is 20.2 Å². The van der Waals surface area contributed by atoms with Gasteiger partial charge in [0.2, 0.25) is 0 Å². The average Bonchev–Trinajstić information content (AvgIpc) is 3.10. The fourth-order valence-corrected chi connectivity index (χ4v) is 5.06. The lowest BCUT2D eigenvalue weighted by Gasteiger charge is -2.33. The van der Waals surface area contributed by atoms with Gasteiger partial charge in [0, 0.05) is 19.1 Å². The number of benzene rings is 2. The van der Waals surface area contributed by atoms with Crippen molar-refractivity contribution in [3.8, 4) is 0 Å². The fraction of sp³-hybridized carbons (Fsp3) is 0.520. The van der Waals surface area contributed by atoms with Crippen LogP contribution in [0.4, 0.5) is 0 Å². The summed E-state index contributed by atoms with van der Waals surface area (Å²) < 4.78 is 59.1. The van der Waals surface area contributed by atoms with Crippen LogP contribution < -0.4 is 5.32 Å². The SMILES string of the molecule is C1CCC(N2CCCNCC2)CC1.Cc1ccc(S(=O)(=O)O)cc1.Cc1ccc(S(=O)(=O)O)cc1. The van der Waals surface area contributed by atoms with Gasteiger partial charge in [0.1, 0.15) is 0 Å². The third-order valence-corrected chi connectivity index (χ3v) is 7.84. The second kappa shape index (κ2) is 14.1. The molecule has 2 aromatic carbocycles. The molecular formula is C25H38N2O6S2. The van der Waals surface area contributed by atoms with E-state index in [2.05, 4.69) is 10.2 Å². The van der Waals surface area contributed by atoms with Crippen LogP contribution >= 0.6 is 0 Å². The Kier molecular flexibility index (Phi) is 11.8. The zero-order chi connectivity index (χ0) is 25.9. The molecule has 0 spiro atoms. The minimum absolute atomic E-state index is 0.0666. The second-order valence-corrected chi connectivity index (χ2v) is 11.9. The molecule has 2 aromatic rings. The number of nitrogens with one attached hydrogen (secondary N) is 1. The van der Waals surface area contributed by atoms with Gasteiger partial charge in [-0.25, -0.2) is 0 Å². The van der Waals surface area contributed by atoms with E-state index in [1.54, 1.807) is 24.3 Å². The summed E-state index contributed by atoms with van der Waals surface area (Å²) in [5, 5.41) is 3.47. The maximum Gasteiger partial charge on any atom is 0.294 e. The van der Waals surface area contributed by atoms with Crippen LogP contribution in [0.15, 0.2) is 58.3 Å². The molecule has 0 aromatic heterocycles. The molecule has 1 saturated carbocycles. The van der Waals surface area contributed by atoms with E-state index in [1.165, 1.54) is 89.0 Å². The van der Waals surface area contributed by atoms with Crippen LogP contribution in [0.5, 0.6) is 0 Å². The number of hydrogen-bond acceptors (Lipinski definition) is 6. The third-order valence-electron chi connectivity index (χ3n) is 6.10. The monoisotopic (exact) mass is 526 g/mol. The van der Waals surface area contributed by atoms with Crippen molar-refractivity contribution in [2.24, 2.45) is 0 Å². The molecule has 0 radical (unpaired) electrons. The Hall–Kier alpha value is -1.82. The summed E-state index contributed by atoms with van der Waals surface area (Å²) in [6, 6.07) is 12.9. The van der Waals surface area contributed by atoms with E-state index in [0.717, 1.165) is 17.2 Å². The molecule has 1 aliphatic carbocycles. The molecule has 4 rings (SSSR count).